The zero-order valence-electron chi connectivity index (χ0n) is 12.3. The summed E-state index contributed by atoms with van der Waals surface area (Å²) in [7, 11) is 0. The molecule has 6 nitrogen and oxygen atoms in total. The van der Waals surface area contributed by atoms with Gasteiger partial charge in [0.15, 0.2) is 0 Å². The Bertz CT molecular complexity index is 874. The van der Waals surface area contributed by atoms with Crippen LogP contribution in [0.5, 0.6) is 0 Å². The first-order chi connectivity index (χ1) is 11.2. The van der Waals surface area contributed by atoms with Crippen LogP contribution in [0.2, 0.25) is 5.02 Å². The monoisotopic (exact) mass is 327 g/mol. The van der Waals surface area contributed by atoms with Crippen molar-refractivity contribution < 1.29 is 4.79 Å². The SMILES string of the molecule is C[C@@H](C(=O)N/N=C\c1ccccc1Cl)n1nnc2ccccc21. The largest absolute Gasteiger partial charge is 0.271 e. The predicted octanol–water partition coefficient (Wildman–Crippen LogP) is 2.80. The lowest BCUT2D eigenvalue weighted by Crippen LogP contribution is -2.28. The molecule has 3 aromatic rings. The van der Waals surface area contributed by atoms with Gasteiger partial charge in [0.2, 0.25) is 0 Å². The molecule has 0 bridgehead atoms. The summed E-state index contributed by atoms with van der Waals surface area (Å²) in [6.45, 7) is 1.74. The summed E-state index contributed by atoms with van der Waals surface area (Å²) in [5.41, 5.74) is 4.76. The van der Waals surface area contributed by atoms with E-state index in [9.17, 15) is 4.79 Å². The molecule has 0 aliphatic heterocycles. The van der Waals surface area contributed by atoms with Gasteiger partial charge in [-0.1, -0.05) is 47.1 Å². The molecular weight excluding hydrogens is 314 g/mol. The van der Waals surface area contributed by atoms with E-state index in [1.54, 1.807) is 17.7 Å². The smallest absolute Gasteiger partial charge is 0.264 e. The molecule has 0 unspecified atom stereocenters. The number of para-hydroxylation sites is 1. The minimum absolute atomic E-state index is 0.288. The summed E-state index contributed by atoms with van der Waals surface area (Å²) in [5.74, 6) is -0.288. The molecule has 116 valence electrons. The van der Waals surface area contributed by atoms with Crippen molar-refractivity contribution in [2.45, 2.75) is 13.0 Å². The third-order valence-corrected chi connectivity index (χ3v) is 3.75. The van der Waals surface area contributed by atoms with E-state index < -0.39 is 6.04 Å². The van der Waals surface area contributed by atoms with Crippen LogP contribution in [-0.4, -0.2) is 27.1 Å². The Morgan fingerprint density at radius 3 is 2.83 bits per heavy atom. The lowest BCUT2D eigenvalue weighted by Gasteiger charge is -2.10. The molecule has 0 saturated carbocycles. The van der Waals surface area contributed by atoms with E-state index >= 15 is 0 Å². The molecule has 0 spiro atoms. The van der Waals surface area contributed by atoms with E-state index in [1.807, 2.05) is 42.5 Å². The number of amides is 1. The second-order valence-electron chi connectivity index (χ2n) is 4.95. The standard InChI is InChI=1S/C16H14ClN5O/c1-11(22-15-9-5-4-8-14(15)19-21-22)16(23)20-18-10-12-6-2-3-7-13(12)17/h2-11H,1H3,(H,20,23)/b18-10-/t11-/m0/s1. The molecule has 1 aromatic heterocycles. The fraction of sp³-hybridized carbons (Fsp3) is 0.125. The molecule has 1 heterocycles. The van der Waals surface area contributed by atoms with Gasteiger partial charge in [0, 0.05) is 10.6 Å². The van der Waals surface area contributed by atoms with Crippen LogP contribution in [0, 0.1) is 0 Å². The van der Waals surface area contributed by atoms with E-state index in [-0.39, 0.29) is 5.91 Å². The van der Waals surface area contributed by atoms with Gasteiger partial charge in [0.05, 0.1) is 11.7 Å². The molecule has 0 saturated heterocycles. The number of benzene rings is 2. The molecule has 1 N–H and O–H groups in total. The Morgan fingerprint density at radius 1 is 1.26 bits per heavy atom. The van der Waals surface area contributed by atoms with Crippen LogP contribution in [0.15, 0.2) is 53.6 Å². The highest BCUT2D eigenvalue weighted by molar-refractivity contribution is 6.33. The lowest BCUT2D eigenvalue weighted by atomic mass is 10.2. The molecule has 1 amide bonds. The summed E-state index contributed by atoms with van der Waals surface area (Å²) in [6.07, 6.45) is 1.51. The number of hydrazone groups is 1. The molecule has 0 aliphatic carbocycles. The van der Waals surface area contributed by atoms with Gasteiger partial charge in [0.25, 0.3) is 5.91 Å². The van der Waals surface area contributed by atoms with Crippen molar-refractivity contribution in [3.05, 3.63) is 59.1 Å². The molecule has 23 heavy (non-hydrogen) atoms. The molecule has 1 atom stereocenters. The van der Waals surface area contributed by atoms with Gasteiger partial charge in [-0.25, -0.2) is 10.1 Å². The maximum Gasteiger partial charge on any atom is 0.264 e. The van der Waals surface area contributed by atoms with Crippen LogP contribution < -0.4 is 5.43 Å². The summed E-state index contributed by atoms with van der Waals surface area (Å²) in [6, 6.07) is 14.2. The zero-order valence-corrected chi connectivity index (χ0v) is 13.1. The molecule has 0 fully saturated rings. The number of aromatic nitrogens is 3. The molecule has 3 rings (SSSR count). The Kier molecular flexibility index (Phi) is 4.34. The van der Waals surface area contributed by atoms with Gasteiger partial charge in [-0.15, -0.1) is 5.10 Å². The second-order valence-corrected chi connectivity index (χ2v) is 5.36. The van der Waals surface area contributed by atoms with Crippen LogP contribution in [0.25, 0.3) is 11.0 Å². The predicted molar refractivity (Wildman–Crippen MR) is 89.4 cm³/mol. The van der Waals surface area contributed by atoms with Crippen molar-refractivity contribution in [1.82, 2.24) is 20.4 Å². The number of halogens is 1. The van der Waals surface area contributed by atoms with Crippen molar-refractivity contribution in [2.24, 2.45) is 5.10 Å². The maximum atomic E-state index is 12.2. The van der Waals surface area contributed by atoms with Crippen LogP contribution in [-0.2, 0) is 4.79 Å². The highest BCUT2D eigenvalue weighted by Gasteiger charge is 2.18. The highest BCUT2D eigenvalue weighted by atomic mass is 35.5. The van der Waals surface area contributed by atoms with E-state index in [1.165, 1.54) is 6.21 Å². The molecule has 7 heteroatoms. The number of carbonyl (C=O) groups excluding carboxylic acids is 1. The number of nitrogens with one attached hydrogen (secondary N) is 1. The summed E-state index contributed by atoms with van der Waals surface area (Å²) in [4.78, 5) is 12.2. The summed E-state index contributed by atoms with van der Waals surface area (Å²) in [5, 5.41) is 12.6. The van der Waals surface area contributed by atoms with E-state index in [0.717, 1.165) is 16.6 Å². The number of fused-ring (bicyclic) bond motifs is 1. The Balaban J connectivity index is 1.72. The lowest BCUT2D eigenvalue weighted by molar-refractivity contribution is -0.124. The number of hydrogen-bond donors (Lipinski definition) is 1. The Labute approximate surface area is 137 Å². The topological polar surface area (TPSA) is 72.2 Å². The first kappa shape index (κ1) is 15.2. The number of rotatable bonds is 4. The fourth-order valence-corrected chi connectivity index (χ4v) is 2.31. The van der Waals surface area contributed by atoms with Crippen molar-refractivity contribution >= 4 is 34.8 Å². The number of carbonyl (C=O) groups is 1. The molecular formula is C16H14ClN5O. The molecule has 0 radical (unpaired) electrons. The fourth-order valence-electron chi connectivity index (χ4n) is 2.12. The van der Waals surface area contributed by atoms with E-state index in [0.29, 0.717) is 5.02 Å². The normalized spacial score (nSPS) is 12.6. The Morgan fingerprint density at radius 2 is 2.00 bits per heavy atom. The van der Waals surface area contributed by atoms with Gasteiger partial charge in [-0.3, -0.25) is 4.79 Å². The summed E-state index contributed by atoms with van der Waals surface area (Å²) >= 11 is 6.02. The zero-order chi connectivity index (χ0) is 16.2. The van der Waals surface area contributed by atoms with Gasteiger partial charge >= 0.3 is 0 Å². The van der Waals surface area contributed by atoms with Crippen LogP contribution in [0.4, 0.5) is 0 Å². The number of hydrogen-bond acceptors (Lipinski definition) is 4. The van der Waals surface area contributed by atoms with Gasteiger partial charge in [-0.05, 0) is 25.1 Å². The number of nitrogens with zero attached hydrogens (tertiary/aromatic N) is 4. The van der Waals surface area contributed by atoms with Crippen LogP contribution in [0.1, 0.15) is 18.5 Å². The van der Waals surface area contributed by atoms with Crippen molar-refractivity contribution in [2.75, 3.05) is 0 Å². The average molecular weight is 328 g/mol. The second kappa shape index (κ2) is 6.58. The van der Waals surface area contributed by atoms with Gasteiger partial charge < -0.3 is 0 Å². The van der Waals surface area contributed by atoms with Gasteiger partial charge in [-0.2, -0.15) is 5.10 Å². The maximum absolute atomic E-state index is 12.2. The highest BCUT2D eigenvalue weighted by Crippen LogP contribution is 2.15. The summed E-state index contributed by atoms with van der Waals surface area (Å²) < 4.78 is 1.57. The van der Waals surface area contributed by atoms with Crippen molar-refractivity contribution in [3.8, 4) is 0 Å². The van der Waals surface area contributed by atoms with E-state index in [4.69, 9.17) is 11.6 Å². The minimum Gasteiger partial charge on any atom is -0.271 e. The van der Waals surface area contributed by atoms with Crippen LogP contribution >= 0.6 is 11.6 Å². The van der Waals surface area contributed by atoms with Crippen molar-refractivity contribution in [1.29, 1.82) is 0 Å². The minimum atomic E-state index is -0.536. The molecule has 2 aromatic carbocycles. The first-order valence-corrected chi connectivity index (χ1v) is 7.42. The Hall–Kier alpha value is -2.73. The third-order valence-electron chi connectivity index (χ3n) is 3.41. The average Bonchev–Trinajstić information content (AvgIpc) is 3.00. The van der Waals surface area contributed by atoms with Crippen molar-refractivity contribution in [3.63, 3.8) is 0 Å². The first-order valence-electron chi connectivity index (χ1n) is 7.04. The third kappa shape index (κ3) is 3.22. The molecule has 0 aliphatic rings. The van der Waals surface area contributed by atoms with E-state index in [2.05, 4.69) is 20.8 Å². The quantitative estimate of drug-likeness (QED) is 0.591. The van der Waals surface area contributed by atoms with Crippen LogP contribution in [0.3, 0.4) is 0 Å². The van der Waals surface area contributed by atoms with Gasteiger partial charge in [0.1, 0.15) is 11.6 Å².